The van der Waals surface area contributed by atoms with Crippen molar-refractivity contribution in [3.8, 4) is 11.1 Å². The molecule has 0 saturated heterocycles. The van der Waals surface area contributed by atoms with Crippen molar-refractivity contribution in [3.63, 3.8) is 0 Å². The van der Waals surface area contributed by atoms with Gasteiger partial charge in [0.05, 0.1) is 16.7 Å². The second-order valence-electron chi connectivity index (χ2n) is 2.79. The molecule has 2 aliphatic rings. The van der Waals surface area contributed by atoms with Crippen LogP contribution >= 0.6 is 0 Å². The van der Waals surface area contributed by atoms with E-state index in [1.807, 2.05) is 0 Å². The summed E-state index contributed by atoms with van der Waals surface area (Å²) in [4.78, 5) is 10.1. The third-order valence-corrected chi connectivity index (χ3v) is 1.90. The van der Waals surface area contributed by atoms with Crippen molar-refractivity contribution in [2.24, 2.45) is 7.05 Å². The Labute approximate surface area is 74.1 Å². The molecule has 13 heavy (non-hydrogen) atoms. The van der Waals surface area contributed by atoms with Gasteiger partial charge in [0.2, 0.25) is 0 Å². The summed E-state index contributed by atoms with van der Waals surface area (Å²) in [6.07, 6.45) is 3.26. The van der Waals surface area contributed by atoms with E-state index in [9.17, 15) is 10.1 Å². The first-order valence-electron chi connectivity index (χ1n) is 3.74. The van der Waals surface area contributed by atoms with Crippen molar-refractivity contribution in [3.05, 3.63) is 34.6 Å². The molecule has 0 N–H and O–H groups in total. The summed E-state index contributed by atoms with van der Waals surface area (Å²) in [7, 11) is 1.78. The molecule has 5 heteroatoms. The van der Waals surface area contributed by atoms with E-state index < -0.39 is 4.92 Å². The van der Waals surface area contributed by atoms with Gasteiger partial charge in [-0.2, -0.15) is 5.10 Å². The van der Waals surface area contributed by atoms with Crippen molar-refractivity contribution in [1.82, 2.24) is 9.78 Å². The Morgan fingerprint density at radius 2 is 2.31 bits per heavy atom. The van der Waals surface area contributed by atoms with E-state index in [0.29, 0.717) is 5.56 Å². The number of hydrogen-bond acceptors (Lipinski definition) is 3. The Morgan fingerprint density at radius 3 is 3.00 bits per heavy atom. The first kappa shape index (κ1) is 7.72. The predicted molar refractivity (Wildman–Crippen MR) is 46.5 cm³/mol. The molecule has 0 aromatic heterocycles. The summed E-state index contributed by atoms with van der Waals surface area (Å²) in [6, 6.07) is 3.21. The van der Waals surface area contributed by atoms with Crippen LogP contribution < -0.4 is 0 Å². The molecule has 2 rings (SSSR count). The molecule has 0 aromatic rings. The van der Waals surface area contributed by atoms with E-state index in [-0.39, 0.29) is 5.69 Å². The van der Waals surface area contributed by atoms with Crippen molar-refractivity contribution in [1.29, 1.82) is 0 Å². The number of fused-ring (bicyclic) bond motifs is 1. The Morgan fingerprint density at radius 1 is 1.54 bits per heavy atom. The van der Waals surface area contributed by atoms with E-state index in [1.54, 1.807) is 24.0 Å². The maximum Gasteiger partial charge on any atom is 0.278 e. The van der Waals surface area contributed by atoms with Gasteiger partial charge in [-0.15, -0.1) is 0 Å². The SMILES string of the molecule is Cn1cc2ccc([N+](=O)[O-])c-2cn1. The maximum absolute atomic E-state index is 10.5. The van der Waals surface area contributed by atoms with Crippen molar-refractivity contribution in [2.75, 3.05) is 0 Å². The summed E-state index contributed by atoms with van der Waals surface area (Å²) < 4.78 is 1.62. The Hall–Kier alpha value is -1.91. The van der Waals surface area contributed by atoms with Gasteiger partial charge >= 0.3 is 0 Å². The van der Waals surface area contributed by atoms with Gasteiger partial charge in [-0.05, 0) is 6.07 Å². The number of nitrogens with zero attached hydrogens (tertiary/aromatic N) is 3. The standard InChI is InChI=1S/C8H7N3O2/c1-10-5-6-2-3-8(11(12)13)7(6)4-9-10/h2-5H,1H3. The van der Waals surface area contributed by atoms with Crippen LogP contribution in [0, 0.1) is 10.1 Å². The summed E-state index contributed by atoms with van der Waals surface area (Å²) in [5.74, 6) is 0. The summed E-state index contributed by atoms with van der Waals surface area (Å²) in [5.41, 5.74) is 1.54. The number of rotatable bonds is 1. The number of hydrogen-bond donors (Lipinski definition) is 0. The molecule has 1 aliphatic heterocycles. The Bertz CT molecular complexity index is 435. The van der Waals surface area contributed by atoms with Crippen molar-refractivity contribution >= 4 is 5.69 Å². The van der Waals surface area contributed by atoms with Gasteiger partial charge in [-0.1, -0.05) is 0 Å². The fourth-order valence-corrected chi connectivity index (χ4v) is 1.29. The van der Waals surface area contributed by atoms with Gasteiger partial charge in [0, 0.05) is 24.9 Å². The van der Waals surface area contributed by atoms with Crippen LogP contribution in [0.5, 0.6) is 0 Å². The predicted octanol–water partition coefficient (Wildman–Crippen LogP) is 1.43. The van der Waals surface area contributed by atoms with Crippen LogP contribution in [0.15, 0.2) is 24.5 Å². The molecule has 0 bridgehead atoms. The van der Waals surface area contributed by atoms with Crippen LogP contribution in [0.1, 0.15) is 0 Å². The molecule has 5 nitrogen and oxygen atoms in total. The third kappa shape index (κ3) is 1.14. The molecular formula is C8H7N3O2. The average molecular weight is 177 g/mol. The molecule has 1 aliphatic carbocycles. The smallest absolute Gasteiger partial charge is 0.275 e. The van der Waals surface area contributed by atoms with Crippen LogP contribution in [-0.2, 0) is 7.05 Å². The zero-order valence-electron chi connectivity index (χ0n) is 6.97. The minimum Gasteiger partial charge on any atom is -0.275 e. The molecule has 1 heterocycles. The Balaban J connectivity index is 2.66. The first-order valence-corrected chi connectivity index (χ1v) is 3.74. The van der Waals surface area contributed by atoms with Gasteiger partial charge in [0.15, 0.2) is 0 Å². The molecule has 66 valence electrons. The van der Waals surface area contributed by atoms with Crippen molar-refractivity contribution < 1.29 is 4.92 Å². The molecule has 0 unspecified atom stereocenters. The molecule has 0 spiro atoms. The number of aromatic nitrogens is 2. The summed E-state index contributed by atoms with van der Waals surface area (Å²) in [6.45, 7) is 0. The lowest BCUT2D eigenvalue weighted by atomic mass is 10.2. The second-order valence-corrected chi connectivity index (χ2v) is 2.79. The van der Waals surface area contributed by atoms with Crippen molar-refractivity contribution in [2.45, 2.75) is 0 Å². The van der Waals surface area contributed by atoms with Gasteiger partial charge < -0.3 is 0 Å². The zero-order valence-corrected chi connectivity index (χ0v) is 6.97. The Kier molecular flexibility index (Phi) is 1.51. The van der Waals surface area contributed by atoms with Crippen LogP contribution in [0.4, 0.5) is 5.69 Å². The number of aryl methyl sites for hydroxylation is 1. The highest BCUT2D eigenvalue weighted by atomic mass is 16.6. The van der Waals surface area contributed by atoms with E-state index in [0.717, 1.165) is 5.56 Å². The highest BCUT2D eigenvalue weighted by molar-refractivity contribution is 5.75. The lowest BCUT2D eigenvalue weighted by molar-refractivity contribution is -0.383. The highest BCUT2D eigenvalue weighted by Gasteiger charge is 2.18. The quantitative estimate of drug-likeness (QED) is 0.489. The second kappa shape index (κ2) is 2.55. The lowest BCUT2D eigenvalue weighted by Gasteiger charge is -2.00. The van der Waals surface area contributed by atoms with Gasteiger partial charge in [-0.25, -0.2) is 0 Å². The normalized spacial score (nSPS) is 10.5. The summed E-state index contributed by atoms with van der Waals surface area (Å²) >= 11 is 0. The van der Waals surface area contributed by atoms with Gasteiger partial charge in [-0.3, -0.25) is 14.8 Å². The van der Waals surface area contributed by atoms with E-state index in [1.165, 1.54) is 12.3 Å². The van der Waals surface area contributed by atoms with Crippen LogP contribution in [0.2, 0.25) is 0 Å². The zero-order chi connectivity index (χ0) is 9.42. The van der Waals surface area contributed by atoms with E-state index >= 15 is 0 Å². The average Bonchev–Trinajstić information content (AvgIpc) is 2.46. The molecule has 0 radical (unpaired) electrons. The molecule has 0 atom stereocenters. The molecule has 0 fully saturated rings. The van der Waals surface area contributed by atoms with E-state index in [2.05, 4.69) is 5.10 Å². The molecule has 0 amide bonds. The van der Waals surface area contributed by atoms with Crippen LogP contribution in [0.3, 0.4) is 0 Å². The fraction of sp³-hybridized carbons (Fsp3) is 0.125. The third-order valence-electron chi connectivity index (χ3n) is 1.90. The minimum atomic E-state index is -0.399. The molecule has 0 aromatic carbocycles. The maximum atomic E-state index is 10.5. The molecular weight excluding hydrogens is 170 g/mol. The fourth-order valence-electron chi connectivity index (χ4n) is 1.29. The topological polar surface area (TPSA) is 61.0 Å². The van der Waals surface area contributed by atoms with Gasteiger partial charge in [0.25, 0.3) is 5.69 Å². The van der Waals surface area contributed by atoms with Gasteiger partial charge in [0.1, 0.15) is 0 Å². The minimum absolute atomic E-state index is 0.114. The molecule has 0 saturated carbocycles. The summed E-state index contributed by atoms with van der Waals surface area (Å²) in [5, 5.41) is 14.5. The lowest BCUT2D eigenvalue weighted by Crippen LogP contribution is -1.97. The van der Waals surface area contributed by atoms with E-state index in [4.69, 9.17) is 0 Å². The van der Waals surface area contributed by atoms with Crippen LogP contribution in [0.25, 0.3) is 11.1 Å². The van der Waals surface area contributed by atoms with Crippen LogP contribution in [-0.4, -0.2) is 14.7 Å². The largest absolute Gasteiger partial charge is 0.278 e. The number of nitro groups is 1. The monoisotopic (exact) mass is 177 g/mol. The highest BCUT2D eigenvalue weighted by Crippen LogP contribution is 2.32. The first-order chi connectivity index (χ1) is 6.18.